The Morgan fingerprint density at radius 1 is 1.00 bits per heavy atom. The molecule has 0 aliphatic carbocycles. The summed E-state index contributed by atoms with van der Waals surface area (Å²) in [5.41, 5.74) is 3.87. The Labute approximate surface area is 170 Å². The zero-order valence-electron chi connectivity index (χ0n) is 15.7. The molecule has 3 rings (SSSR count). The van der Waals surface area contributed by atoms with E-state index in [1.165, 1.54) is 16.7 Å². The van der Waals surface area contributed by atoms with E-state index in [2.05, 4.69) is 85.0 Å². The number of nitrogens with zero attached hydrogens (tertiary/aromatic N) is 2. The summed E-state index contributed by atoms with van der Waals surface area (Å²) in [7, 11) is 1.80. The first-order valence-electron chi connectivity index (χ1n) is 9.30. The van der Waals surface area contributed by atoms with Crippen LogP contribution in [-0.4, -0.2) is 44.2 Å². The SMILES string of the molecule is CN=C(NCc1ccc(Br)cc1)NCc1ccccc1CN1CCOCC1. The van der Waals surface area contributed by atoms with Crippen molar-refractivity contribution in [1.82, 2.24) is 15.5 Å². The van der Waals surface area contributed by atoms with Gasteiger partial charge in [0.1, 0.15) is 0 Å². The van der Waals surface area contributed by atoms with E-state index < -0.39 is 0 Å². The maximum Gasteiger partial charge on any atom is 0.191 e. The second-order valence-electron chi connectivity index (χ2n) is 6.56. The number of aliphatic imine (C=N–C) groups is 1. The van der Waals surface area contributed by atoms with Gasteiger partial charge in [-0.05, 0) is 28.8 Å². The van der Waals surface area contributed by atoms with Gasteiger partial charge in [-0.2, -0.15) is 0 Å². The topological polar surface area (TPSA) is 48.9 Å². The fourth-order valence-corrected chi connectivity index (χ4v) is 3.34. The molecule has 1 fully saturated rings. The molecule has 0 radical (unpaired) electrons. The summed E-state index contributed by atoms with van der Waals surface area (Å²) in [5.74, 6) is 0.805. The maximum atomic E-state index is 5.45. The molecule has 144 valence electrons. The van der Waals surface area contributed by atoms with E-state index in [9.17, 15) is 0 Å². The van der Waals surface area contributed by atoms with Crippen molar-refractivity contribution in [3.05, 3.63) is 69.7 Å². The first-order chi connectivity index (χ1) is 13.2. The molecule has 0 atom stereocenters. The summed E-state index contributed by atoms with van der Waals surface area (Å²) in [6.07, 6.45) is 0. The quantitative estimate of drug-likeness (QED) is 0.545. The first-order valence-corrected chi connectivity index (χ1v) is 10.1. The van der Waals surface area contributed by atoms with Crippen LogP contribution in [0.15, 0.2) is 58.0 Å². The third kappa shape index (κ3) is 6.34. The van der Waals surface area contributed by atoms with Crippen molar-refractivity contribution in [2.24, 2.45) is 4.99 Å². The van der Waals surface area contributed by atoms with Crippen molar-refractivity contribution < 1.29 is 4.74 Å². The van der Waals surface area contributed by atoms with Gasteiger partial charge in [-0.15, -0.1) is 0 Å². The third-order valence-corrected chi connectivity index (χ3v) is 5.19. The average molecular weight is 431 g/mol. The van der Waals surface area contributed by atoms with Crippen LogP contribution in [-0.2, 0) is 24.4 Å². The monoisotopic (exact) mass is 430 g/mol. The van der Waals surface area contributed by atoms with Gasteiger partial charge >= 0.3 is 0 Å². The van der Waals surface area contributed by atoms with Gasteiger partial charge in [0.2, 0.25) is 0 Å². The third-order valence-electron chi connectivity index (χ3n) is 4.66. The van der Waals surface area contributed by atoms with E-state index in [0.717, 1.165) is 56.4 Å². The number of ether oxygens (including phenoxy) is 1. The number of halogens is 1. The van der Waals surface area contributed by atoms with Gasteiger partial charge in [-0.1, -0.05) is 52.3 Å². The lowest BCUT2D eigenvalue weighted by Gasteiger charge is -2.27. The fraction of sp³-hybridized carbons (Fsp3) is 0.381. The Kier molecular flexibility index (Phi) is 7.68. The van der Waals surface area contributed by atoms with Crippen molar-refractivity contribution in [2.45, 2.75) is 19.6 Å². The Bertz CT molecular complexity index is 742. The summed E-state index contributed by atoms with van der Waals surface area (Å²) < 4.78 is 6.54. The van der Waals surface area contributed by atoms with Crippen LogP contribution in [0.5, 0.6) is 0 Å². The molecule has 2 aromatic rings. The summed E-state index contributed by atoms with van der Waals surface area (Å²) in [6.45, 7) is 6.10. The number of rotatable bonds is 6. The number of hydrogen-bond acceptors (Lipinski definition) is 3. The van der Waals surface area contributed by atoms with Crippen LogP contribution in [0.1, 0.15) is 16.7 Å². The molecule has 0 aromatic heterocycles. The van der Waals surface area contributed by atoms with Crippen molar-refractivity contribution in [2.75, 3.05) is 33.4 Å². The Hall–Kier alpha value is -1.89. The minimum absolute atomic E-state index is 0.738. The van der Waals surface area contributed by atoms with Gasteiger partial charge < -0.3 is 15.4 Å². The highest BCUT2D eigenvalue weighted by Crippen LogP contribution is 2.13. The van der Waals surface area contributed by atoms with Crippen LogP contribution in [0, 0.1) is 0 Å². The van der Waals surface area contributed by atoms with Gasteiger partial charge in [0.05, 0.1) is 13.2 Å². The highest BCUT2D eigenvalue weighted by Gasteiger charge is 2.12. The molecule has 0 unspecified atom stereocenters. The van der Waals surface area contributed by atoms with Crippen molar-refractivity contribution in [1.29, 1.82) is 0 Å². The normalized spacial score (nSPS) is 15.6. The van der Waals surface area contributed by atoms with E-state index in [0.29, 0.717) is 0 Å². The average Bonchev–Trinajstić information content (AvgIpc) is 2.71. The fourth-order valence-electron chi connectivity index (χ4n) is 3.07. The molecule has 0 spiro atoms. The molecular formula is C21H27BrN4O. The van der Waals surface area contributed by atoms with Crippen molar-refractivity contribution in [3.63, 3.8) is 0 Å². The maximum absolute atomic E-state index is 5.45. The molecular weight excluding hydrogens is 404 g/mol. The summed E-state index contributed by atoms with van der Waals surface area (Å²) in [5, 5.41) is 6.80. The number of morpholine rings is 1. The first kappa shape index (κ1) is 19.9. The number of hydrogen-bond donors (Lipinski definition) is 2. The predicted molar refractivity (Wildman–Crippen MR) is 114 cm³/mol. The summed E-state index contributed by atoms with van der Waals surface area (Å²) in [6, 6.07) is 16.9. The van der Waals surface area contributed by atoms with Crippen LogP contribution < -0.4 is 10.6 Å². The van der Waals surface area contributed by atoms with Gasteiger partial charge in [-0.3, -0.25) is 9.89 Å². The highest BCUT2D eigenvalue weighted by molar-refractivity contribution is 9.10. The molecule has 0 amide bonds. The van der Waals surface area contributed by atoms with E-state index in [1.807, 2.05) is 0 Å². The van der Waals surface area contributed by atoms with Gasteiger partial charge in [-0.25, -0.2) is 0 Å². The smallest absolute Gasteiger partial charge is 0.191 e. The highest BCUT2D eigenvalue weighted by atomic mass is 79.9. The van der Waals surface area contributed by atoms with Gasteiger partial charge in [0.25, 0.3) is 0 Å². The zero-order chi connectivity index (χ0) is 18.9. The summed E-state index contributed by atoms with van der Waals surface area (Å²) >= 11 is 3.47. The molecule has 1 aliphatic heterocycles. The van der Waals surface area contributed by atoms with E-state index in [1.54, 1.807) is 7.05 Å². The Balaban J connectivity index is 1.54. The van der Waals surface area contributed by atoms with Crippen LogP contribution in [0.2, 0.25) is 0 Å². The molecule has 0 saturated carbocycles. The van der Waals surface area contributed by atoms with Crippen LogP contribution in [0.3, 0.4) is 0 Å². The van der Waals surface area contributed by atoms with Crippen molar-refractivity contribution >= 4 is 21.9 Å². The lowest BCUT2D eigenvalue weighted by Crippen LogP contribution is -2.37. The van der Waals surface area contributed by atoms with Gasteiger partial charge in [0.15, 0.2) is 5.96 Å². The van der Waals surface area contributed by atoms with E-state index in [-0.39, 0.29) is 0 Å². The van der Waals surface area contributed by atoms with Gasteiger partial charge in [0, 0.05) is 44.2 Å². The minimum Gasteiger partial charge on any atom is -0.379 e. The second kappa shape index (κ2) is 10.4. The van der Waals surface area contributed by atoms with Crippen molar-refractivity contribution in [3.8, 4) is 0 Å². The standard InChI is InChI=1S/C21H27BrN4O/c1-23-21(24-14-17-6-8-20(22)9-7-17)25-15-18-4-2-3-5-19(18)16-26-10-12-27-13-11-26/h2-9H,10-16H2,1H3,(H2,23,24,25). The molecule has 27 heavy (non-hydrogen) atoms. The molecule has 6 heteroatoms. The van der Waals surface area contributed by atoms with Crippen LogP contribution in [0.25, 0.3) is 0 Å². The molecule has 1 heterocycles. The molecule has 2 aromatic carbocycles. The molecule has 1 saturated heterocycles. The lowest BCUT2D eigenvalue weighted by molar-refractivity contribution is 0.0341. The molecule has 5 nitrogen and oxygen atoms in total. The lowest BCUT2D eigenvalue weighted by atomic mass is 10.1. The number of guanidine groups is 1. The van der Waals surface area contributed by atoms with Crippen LogP contribution in [0.4, 0.5) is 0 Å². The predicted octanol–water partition coefficient (Wildman–Crippen LogP) is 3.15. The largest absolute Gasteiger partial charge is 0.379 e. The number of benzene rings is 2. The second-order valence-corrected chi connectivity index (χ2v) is 7.48. The number of nitrogens with one attached hydrogen (secondary N) is 2. The van der Waals surface area contributed by atoms with E-state index in [4.69, 9.17) is 4.74 Å². The molecule has 0 bridgehead atoms. The van der Waals surface area contributed by atoms with Crippen LogP contribution >= 0.6 is 15.9 Å². The Morgan fingerprint density at radius 3 is 2.37 bits per heavy atom. The molecule has 1 aliphatic rings. The van der Waals surface area contributed by atoms with E-state index >= 15 is 0 Å². The minimum atomic E-state index is 0.738. The molecule has 2 N–H and O–H groups in total. The Morgan fingerprint density at radius 2 is 1.67 bits per heavy atom. The summed E-state index contributed by atoms with van der Waals surface area (Å²) in [4.78, 5) is 6.79. The zero-order valence-corrected chi connectivity index (χ0v) is 17.3.